The highest BCUT2D eigenvalue weighted by Crippen LogP contribution is 2.45. The van der Waals surface area contributed by atoms with Crippen LogP contribution in [0, 0.1) is 5.92 Å². The highest BCUT2D eigenvalue weighted by atomic mass is 32.2. The average molecular weight is 296 g/mol. The summed E-state index contributed by atoms with van der Waals surface area (Å²) >= 11 is 0.0982. The van der Waals surface area contributed by atoms with Crippen molar-refractivity contribution in [2.75, 3.05) is 25.4 Å². The first kappa shape index (κ1) is 15.4. The second-order valence-electron chi connectivity index (χ2n) is 6.58. The van der Waals surface area contributed by atoms with Crippen LogP contribution in [-0.2, 0) is 0 Å². The Balaban J connectivity index is 1.96. The highest BCUT2D eigenvalue weighted by Gasteiger charge is 2.49. The molecule has 1 aliphatic heterocycles. The Morgan fingerprint density at radius 3 is 2.42 bits per heavy atom. The topological polar surface area (TPSA) is 15.3 Å². The number of thioether (sulfide) groups is 1. The first-order valence-electron chi connectivity index (χ1n) is 6.83. The first-order valence-corrected chi connectivity index (χ1v) is 7.82. The summed E-state index contributed by atoms with van der Waals surface area (Å²) in [5.41, 5.74) is -4.10. The molecule has 1 aliphatic carbocycles. The predicted octanol–water partition coefficient (Wildman–Crippen LogP) is 3.09. The van der Waals surface area contributed by atoms with Gasteiger partial charge in [0, 0.05) is 36.5 Å². The maximum atomic E-state index is 12.3. The quantitative estimate of drug-likeness (QED) is 0.858. The number of nitrogens with zero attached hydrogens (tertiary/aromatic N) is 1. The fourth-order valence-electron chi connectivity index (χ4n) is 2.96. The molecule has 1 N–H and O–H groups in total. The Hall–Kier alpha value is 0.0600. The normalized spacial score (nSPS) is 32.5. The molecule has 2 aliphatic rings. The summed E-state index contributed by atoms with van der Waals surface area (Å²) in [6, 6.07) is 0. The molecule has 0 amide bonds. The van der Waals surface area contributed by atoms with Crippen molar-refractivity contribution in [2.24, 2.45) is 5.92 Å². The van der Waals surface area contributed by atoms with Crippen LogP contribution in [0.4, 0.5) is 13.2 Å². The van der Waals surface area contributed by atoms with E-state index in [-0.39, 0.29) is 28.6 Å². The van der Waals surface area contributed by atoms with Crippen LogP contribution in [0.3, 0.4) is 0 Å². The Kier molecular flexibility index (Phi) is 4.16. The van der Waals surface area contributed by atoms with Gasteiger partial charge in [0.05, 0.1) is 0 Å². The van der Waals surface area contributed by atoms with Gasteiger partial charge >= 0.3 is 5.51 Å². The summed E-state index contributed by atoms with van der Waals surface area (Å²) in [5.74, 6) is 0.772. The fraction of sp³-hybridized carbons (Fsp3) is 1.00. The van der Waals surface area contributed by atoms with Crippen LogP contribution in [0.25, 0.3) is 0 Å². The Bertz CT molecular complexity index is 328. The van der Waals surface area contributed by atoms with E-state index < -0.39 is 5.51 Å². The summed E-state index contributed by atoms with van der Waals surface area (Å²) in [6.45, 7) is 8.64. The number of halogens is 3. The summed E-state index contributed by atoms with van der Waals surface area (Å²) in [6.07, 6.45) is 2.42. The van der Waals surface area contributed by atoms with E-state index in [4.69, 9.17) is 0 Å². The summed E-state index contributed by atoms with van der Waals surface area (Å²) in [7, 11) is 0. The van der Waals surface area contributed by atoms with Crippen molar-refractivity contribution >= 4 is 11.8 Å². The minimum atomic E-state index is -4.11. The molecule has 0 spiro atoms. The lowest BCUT2D eigenvalue weighted by Gasteiger charge is -2.52. The van der Waals surface area contributed by atoms with Crippen LogP contribution in [-0.4, -0.2) is 46.9 Å². The number of hydrogen-bond donors (Lipinski definition) is 1. The van der Waals surface area contributed by atoms with Crippen LogP contribution in [0.15, 0.2) is 0 Å². The maximum Gasteiger partial charge on any atom is 0.441 e. The lowest BCUT2D eigenvalue weighted by atomic mass is 9.86. The van der Waals surface area contributed by atoms with Gasteiger partial charge in [0.1, 0.15) is 0 Å². The minimum Gasteiger partial charge on any atom is -0.309 e. The zero-order valence-corrected chi connectivity index (χ0v) is 12.6. The molecule has 1 atom stereocenters. The van der Waals surface area contributed by atoms with Crippen molar-refractivity contribution in [2.45, 2.75) is 50.2 Å². The van der Waals surface area contributed by atoms with E-state index in [0.717, 1.165) is 13.1 Å². The van der Waals surface area contributed by atoms with E-state index in [0.29, 0.717) is 12.5 Å². The molecule has 1 saturated heterocycles. The third-order valence-corrected chi connectivity index (χ3v) is 5.03. The lowest BCUT2D eigenvalue weighted by Crippen LogP contribution is -2.68. The van der Waals surface area contributed by atoms with E-state index in [9.17, 15) is 13.2 Å². The zero-order valence-electron chi connectivity index (χ0n) is 11.8. The van der Waals surface area contributed by atoms with Gasteiger partial charge in [-0.3, -0.25) is 4.90 Å². The molecule has 2 fully saturated rings. The molecule has 0 bridgehead atoms. The molecular formula is C13H23F3N2S. The number of hydrogen-bond acceptors (Lipinski definition) is 3. The molecule has 2 nitrogen and oxygen atoms in total. The van der Waals surface area contributed by atoms with E-state index in [2.05, 4.69) is 31.0 Å². The first-order chi connectivity index (χ1) is 8.62. The molecule has 0 aromatic carbocycles. The predicted molar refractivity (Wildman–Crippen MR) is 73.3 cm³/mol. The summed E-state index contributed by atoms with van der Waals surface area (Å²) < 4.78 is 36.8. The number of piperazine rings is 1. The van der Waals surface area contributed by atoms with E-state index in [1.165, 1.54) is 12.8 Å². The van der Waals surface area contributed by atoms with E-state index >= 15 is 0 Å². The molecule has 2 rings (SSSR count). The molecule has 1 saturated carbocycles. The van der Waals surface area contributed by atoms with Crippen LogP contribution in [0.5, 0.6) is 0 Å². The van der Waals surface area contributed by atoms with Gasteiger partial charge in [-0.25, -0.2) is 0 Å². The third-order valence-electron chi connectivity index (χ3n) is 4.32. The van der Waals surface area contributed by atoms with Gasteiger partial charge < -0.3 is 5.32 Å². The molecule has 1 unspecified atom stereocenters. The van der Waals surface area contributed by atoms with E-state index in [1.54, 1.807) is 0 Å². The Morgan fingerprint density at radius 2 is 1.89 bits per heavy atom. The van der Waals surface area contributed by atoms with Gasteiger partial charge in [-0.05, 0) is 51.3 Å². The van der Waals surface area contributed by atoms with Gasteiger partial charge in [0.15, 0.2) is 0 Å². The number of rotatable bonds is 4. The zero-order chi connectivity index (χ0) is 14.3. The smallest absolute Gasteiger partial charge is 0.309 e. The van der Waals surface area contributed by atoms with Gasteiger partial charge in [0.2, 0.25) is 0 Å². The van der Waals surface area contributed by atoms with Gasteiger partial charge in [-0.15, -0.1) is 0 Å². The molecule has 0 radical (unpaired) electrons. The summed E-state index contributed by atoms with van der Waals surface area (Å²) in [4.78, 5) is 2.28. The second kappa shape index (κ2) is 5.11. The van der Waals surface area contributed by atoms with Crippen molar-refractivity contribution in [3.8, 4) is 0 Å². The lowest BCUT2D eigenvalue weighted by molar-refractivity contribution is -0.0334. The largest absolute Gasteiger partial charge is 0.441 e. The molecule has 0 aromatic heterocycles. The Morgan fingerprint density at radius 1 is 1.26 bits per heavy atom. The van der Waals surface area contributed by atoms with Crippen molar-refractivity contribution in [3.05, 3.63) is 0 Å². The Labute approximate surface area is 117 Å². The van der Waals surface area contributed by atoms with E-state index in [1.807, 2.05) is 0 Å². The molecule has 112 valence electrons. The molecule has 19 heavy (non-hydrogen) atoms. The molecular weight excluding hydrogens is 273 g/mol. The van der Waals surface area contributed by atoms with Crippen LogP contribution >= 0.6 is 11.8 Å². The highest BCUT2D eigenvalue weighted by molar-refractivity contribution is 8.00. The van der Waals surface area contributed by atoms with Crippen molar-refractivity contribution in [1.82, 2.24) is 10.2 Å². The van der Waals surface area contributed by atoms with Gasteiger partial charge in [-0.2, -0.15) is 13.2 Å². The van der Waals surface area contributed by atoms with Crippen molar-refractivity contribution in [1.29, 1.82) is 0 Å². The fourth-order valence-corrected chi connectivity index (χ4v) is 3.50. The number of alkyl halides is 3. The SMILES string of the molecule is CC1(C)CN(CCSC(F)(F)F)C(C)(C2CC2)CN1. The average Bonchev–Trinajstić information content (AvgIpc) is 3.05. The van der Waals surface area contributed by atoms with Crippen molar-refractivity contribution < 1.29 is 13.2 Å². The monoisotopic (exact) mass is 296 g/mol. The van der Waals surface area contributed by atoms with Crippen LogP contribution in [0.1, 0.15) is 33.6 Å². The third kappa shape index (κ3) is 4.02. The number of nitrogens with one attached hydrogen (secondary N) is 1. The standard InChI is InChI=1S/C13H23F3N2S/c1-11(2)9-18(6-7-19-13(14,15)16)12(3,8-17-11)10-4-5-10/h10,17H,4-9H2,1-3H3. The summed E-state index contributed by atoms with van der Waals surface area (Å²) in [5, 5.41) is 3.54. The van der Waals surface area contributed by atoms with Gasteiger partial charge in [-0.1, -0.05) is 0 Å². The van der Waals surface area contributed by atoms with Crippen LogP contribution < -0.4 is 5.32 Å². The molecule has 1 heterocycles. The molecule has 0 aromatic rings. The molecule has 6 heteroatoms. The maximum absolute atomic E-state index is 12.3. The minimum absolute atomic E-state index is 0.0166. The van der Waals surface area contributed by atoms with Crippen molar-refractivity contribution in [3.63, 3.8) is 0 Å². The second-order valence-corrected chi connectivity index (χ2v) is 7.74. The van der Waals surface area contributed by atoms with Crippen LogP contribution in [0.2, 0.25) is 0 Å². The van der Waals surface area contributed by atoms with Gasteiger partial charge in [0.25, 0.3) is 0 Å².